The standard InChI is InChI=1S/C19H21N3O6/c1-21(2)15-9-8-13(10-16(15)22(25)26)19(24)28-12-18(23)20-11-14-6-4-5-7-17(14)27-3/h4-10H,11-12H2,1-3H3,(H,20,23). The van der Waals surface area contributed by atoms with E-state index in [-0.39, 0.29) is 17.8 Å². The van der Waals surface area contributed by atoms with Crippen molar-refractivity contribution in [2.75, 3.05) is 32.7 Å². The molecule has 9 heteroatoms. The molecule has 0 atom stereocenters. The lowest BCUT2D eigenvalue weighted by Gasteiger charge is -2.13. The van der Waals surface area contributed by atoms with E-state index in [9.17, 15) is 19.7 Å². The van der Waals surface area contributed by atoms with Crippen LogP contribution in [0, 0.1) is 10.1 Å². The fourth-order valence-corrected chi connectivity index (χ4v) is 2.48. The van der Waals surface area contributed by atoms with Crippen molar-refractivity contribution in [3.8, 4) is 5.75 Å². The summed E-state index contributed by atoms with van der Waals surface area (Å²) in [6.07, 6.45) is 0. The fourth-order valence-electron chi connectivity index (χ4n) is 2.48. The minimum Gasteiger partial charge on any atom is -0.496 e. The van der Waals surface area contributed by atoms with E-state index in [1.807, 2.05) is 12.1 Å². The summed E-state index contributed by atoms with van der Waals surface area (Å²) in [5.41, 5.74) is 0.908. The van der Waals surface area contributed by atoms with E-state index in [4.69, 9.17) is 9.47 Å². The van der Waals surface area contributed by atoms with E-state index in [0.29, 0.717) is 11.4 Å². The lowest BCUT2D eigenvalue weighted by atomic mass is 10.1. The molecule has 0 aliphatic carbocycles. The normalized spacial score (nSPS) is 10.1. The van der Waals surface area contributed by atoms with Gasteiger partial charge in [-0.1, -0.05) is 18.2 Å². The van der Waals surface area contributed by atoms with Gasteiger partial charge < -0.3 is 19.7 Å². The number of esters is 1. The number of methoxy groups -OCH3 is 1. The molecule has 28 heavy (non-hydrogen) atoms. The predicted molar refractivity (Wildman–Crippen MR) is 103 cm³/mol. The number of ether oxygens (including phenoxy) is 2. The van der Waals surface area contributed by atoms with Gasteiger partial charge in [-0.05, 0) is 18.2 Å². The quantitative estimate of drug-likeness (QED) is 0.420. The first-order chi connectivity index (χ1) is 13.3. The minimum absolute atomic E-state index is 0.00479. The third kappa shape index (κ3) is 5.19. The molecule has 2 aromatic rings. The first kappa shape index (κ1) is 20.7. The second-order valence-corrected chi connectivity index (χ2v) is 6.02. The maximum Gasteiger partial charge on any atom is 0.338 e. The Morgan fingerprint density at radius 1 is 1.18 bits per heavy atom. The van der Waals surface area contributed by atoms with Gasteiger partial charge in [0.25, 0.3) is 11.6 Å². The molecular weight excluding hydrogens is 366 g/mol. The number of hydrogen-bond donors (Lipinski definition) is 1. The Bertz CT molecular complexity index is 882. The Balaban J connectivity index is 1.95. The van der Waals surface area contributed by atoms with Crippen LogP contribution in [0.5, 0.6) is 5.75 Å². The molecule has 0 fully saturated rings. The Kier molecular flexibility index (Phi) is 6.91. The number of nitrogens with one attached hydrogen (secondary N) is 1. The molecule has 0 heterocycles. The van der Waals surface area contributed by atoms with Gasteiger partial charge in [0.2, 0.25) is 0 Å². The molecule has 0 unspecified atom stereocenters. The number of nitro groups is 1. The summed E-state index contributed by atoms with van der Waals surface area (Å²) < 4.78 is 10.1. The van der Waals surface area contributed by atoms with E-state index in [1.165, 1.54) is 19.2 Å². The smallest absolute Gasteiger partial charge is 0.338 e. The number of benzene rings is 2. The maximum absolute atomic E-state index is 12.1. The topological polar surface area (TPSA) is 111 Å². The SMILES string of the molecule is COc1ccccc1CNC(=O)COC(=O)c1ccc(N(C)C)c([N+](=O)[O-])c1. The summed E-state index contributed by atoms with van der Waals surface area (Å²) in [4.78, 5) is 36.2. The van der Waals surface area contributed by atoms with Gasteiger partial charge in [-0.2, -0.15) is 0 Å². The van der Waals surface area contributed by atoms with Crippen molar-refractivity contribution in [1.29, 1.82) is 0 Å². The van der Waals surface area contributed by atoms with Crippen molar-refractivity contribution in [1.82, 2.24) is 5.32 Å². The monoisotopic (exact) mass is 387 g/mol. The molecule has 1 N–H and O–H groups in total. The van der Waals surface area contributed by atoms with Gasteiger partial charge in [0.05, 0.1) is 17.6 Å². The zero-order chi connectivity index (χ0) is 20.7. The molecule has 0 radical (unpaired) electrons. The molecule has 9 nitrogen and oxygen atoms in total. The van der Waals surface area contributed by atoms with Crippen LogP contribution >= 0.6 is 0 Å². The van der Waals surface area contributed by atoms with E-state index in [2.05, 4.69) is 5.32 Å². The molecule has 0 saturated carbocycles. The third-order valence-electron chi connectivity index (χ3n) is 3.89. The number of amides is 1. The molecule has 0 aliphatic heterocycles. The van der Waals surface area contributed by atoms with E-state index in [0.717, 1.165) is 11.6 Å². The van der Waals surface area contributed by atoms with Crippen LogP contribution in [0.4, 0.5) is 11.4 Å². The number of para-hydroxylation sites is 1. The Hall–Kier alpha value is -3.62. The molecule has 0 spiro atoms. The number of carbonyl (C=O) groups is 2. The molecule has 1 amide bonds. The highest BCUT2D eigenvalue weighted by atomic mass is 16.6. The highest BCUT2D eigenvalue weighted by Gasteiger charge is 2.20. The summed E-state index contributed by atoms with van der Waals surface area (Å²) in [6.45, 7) is -0.291. The van der Waals surface area contributed by atoms with Gasteiger partial charge in [0.1, 0.15) is 11.4 Å². The largest absolute Gasteiger partial charge is 0.496 e. The fraction of sp³-hybridized carbons (Fsp3) is 0.263. The second kappa shape index (κ2) is 9.36. The predicted octanol–water partition coefficient (Wildman–Crippen LogP) is 2.14. The molecule has 148 valence electrons. The van der Waals surface area contributed by atoms with Gasteiger partial charge in [-0.25, -0.2) is 4.79 Å². The molecule has 0 bridgehead atoms. The zero-order valence-electron chi connectivity index (χ0n) is 15.8. The van der Waals surface area contributed by atoms with Crippen molar-refractivity contribution >= 4 is 23.3 Å². The van der Waals surface area contributed by atoms with Crippen molar-refractivity contribution in [2.45, 2.75) is 6.54 Å². The number of rotatable bonds is 8. The summed E-state index contributed by atoms with van der Waals surface area (Å²) in [5.74, 6) is -0.687. The maximum atomic E-state index is 12.1. The summed E-state index contributed by atoms with van der Waals surface area (Å²) in [6, 6.07) is 11.2. The van der Waals surface area contributed by atoms with Crippen molar-refractivity contribution in [3.05, 3.63) is 63.7 Å². The lowest BCUT2D eigenvalue weighted by Crippen LogP contribution is -2.28. The number of carbonyl (C=O) groups excluding carboxylic acids is 2. The average Bonchev–Trinajstić information content (AvgIpc) is 2.69. The Morgan fingerprint density at radius 3 is 2.54 bits per heavy atom. The summed E-state index contributed by atoms with van der Waals surface area (Å²) >= 11 is 0. The second-order valence-electron chi connectivity index (χ2n) is 6.02. The van der Waals surface area contributed by atoms with Crippen LogP contribution in [0.2, 0.25) is 0 Å². The van der Waals surface area contributed by atoms with Gasteiger partial charge in [-0.15, -0.1) is 0 Å². The van der Waals surface area contributed by atoms with Gasteiger partial charge in [0, 0.05) is 32.3 Å². The van der Waals surface area contributed by atoms with Gasteiger partial charge in [0.15, 0.2) is 6.61 Å². The van der Waals surface area contributed by atoms with E-state index < -0.39 is 23.4 Å². The number of nitro benzene ring substituents is 1. The van der Waals surface area contributed by atoms with Crippen LogP contribution in [-0.4, -0.2) is 44.6 Å². The zero-order valence-corrected chi connectivity index (χ0v) is 15.8. The van der Waals surface area contributed by atoms with E-state index >= 15 is 0 Å². The lowest BCUT2D eigenvalue weighted by molar-refractivity contribution is -0.384. The van der Waals surface area contributed by atoms with Crippen LogP contribution in [0.1, 0.15) is 15.9 Å². The van der Waals surface area contributed by atoms with Gasteiger partial charge >= 0.3 is 5.97 Å². The van der Waals surface area contributed by atoms with Gasteiger partial charge in [-0.3, -0.25) is 14.9 Å². The van der Waals surface area contributed by atoms with Crippen molar-refractivity contribution < 1.29 is 24.0 Å². The van der Waals surface area contributed by atoms with Crippen LogP contribution in [0.15, 0.2) is 42.5 Å². The van der Waals surface area contributed by atoms with Crippen LogP contribution in [-0.2, 0) is 16.1 Å². The minimum atomic E-state index is -0.819. The number of anilines is 1. The third-order valence-corrected chi connectivity index (χ3v) is 3.89. The highest BCUT2D eigenvalue weighted by molar-refractivity contribution is 5.93. The first-order valence-electron chi connectivity index (χ1n) is 8.35. The molecule has 2 aromatic carbocycles. The average molecular weight is 387 g/mol. The van der Waals surface area contributed by atoms with Crippen LogP contribution in [0.3, 0.4) is 0 Å². The molecule has 2 rings (SSSR count). The Labute approximate surface area is 162 Å². The Morgan fingerprint density at radius 2 is 1.89 bits per heavy atom. The van der Waals surface area contributed by atoms with Crippen molar-refractivity contribution in [2.24, 2.45) is 0 Å². The molecular formula is C19H21N3O6. The first-order valence-corrected chi connectivity index (χ1v) is 8.35. The summed E-state index contributed by atoms with van der Waals surface area (Å²) in [5, 5.41) is 13.8. The highest BCUT2D eigenvalue weighted by Crippen LogP contribution is 2.27. The van der Waals surface area contributed by atoms with Crippen molar-refractivity contribution in [3.63, 3.8) is 0 Å². The van der Waals surface area contributed by atoms with Crippen LogP contribution < -0.4 is 15.0 Å². The molecule has 0 aliphatic rings. The number of nitrogens with zero attached hydrogens (tertiary/aromatic N) is 2. The summed E-state index contributed by atoms with van der Waals surface area (Å²) in [7, 11) is 4.85. The number of hydrogen-bond acceptors (Lipinski definition) is 7. The van der Waals surface area contributed by atoms with E-state index in [1.54, 1.807) is 31.1 Å². The molecule has 0 aromatic heterocycles. The van der Waals surface area contributed by atoms with Crippen LogP contribution in [0.25, 0.3) is 0 Å². The molecule has 0 saturated heterocycles.